The van der Waals surface area contributed by atoms with Gasteiger partial charge in [-0.25, -0.2) is 0 Å². The van der Waals surface area contributed by atoms with Gasteiger partial charge in [0, 0.05) is 6.04 Å². The molecule has 0 aromatic carbocycles. The van der Waals surface area contributed by atoms with Gasteiger partial charge in [-0.05, 0) is 19.3 Å². The molecule has 0 bridgehead atoms. The molecule has 114 valence electrons. The molecule has 20 heavy (non-hydrogen) atoms. The van der Waals surface area contributed by atoms with Crippen molar-refractivity contribution in [2.24, 2.45) is 5.92 Å². The summed E-state index contributed by atoms with van der Waals surface area (Å²) < 4.78 is 1.86. The van der Waals surface area contributed by atoms with Gasteiger partial charge in [-0.1, -0.05) is 38.5 Å². The zero-order valence-electron chi connectivity index (χ0n) is 12.2. The first-order chi connectivity index (χ1) is 9.45. The Labute approximate surface area is 123 Å². The molecule has 6 nitrogen and oxygen atoms in total. The smallest absolute Gasteiger partial charge is 0.313 e. The van der Waals surface area contributed by atoms with E-state index in [1.165, 1.54) is 0 Å². The fourth-order valence-electron chi connectivity index (χ4n) is 2.03. The van der Waals surface area contributed by atoms with E-state index in [-0.39, 0.29) is 18.4 Å². The second kappa shape index (κ2) is 8.26. The number of carboxylic acids is 1. The summed E-state index contributed by atoms with van der Waals surface area (Å²) in [7, 11) is 0. The third kappa shape index (κ3) is 5.13. The van der Waals surface area contributed by atoms with Gasteiger partial charge < -0.3 is 14.8 Å². The van der Waals surface area contributed by atoms with Crippen LogP contribution >= 0.6 is 11.8 Å². The summed E-state index contributed by atoms with van der Waals surface area (Å²) in [6.45, 7) is 6.25. The molecule has 0 aliphatic heterocycles. The molecule has 1 aromatic heterocycles. The van der Waals surface area contributed by atoms with Crippen molar-refractivity contribution < 1.29 is 15.0 Å². The Bertz CT molecular complexity index is 434. The maximum Gasteiger partial charge on any atom is 0.313 e. The van der Waals surface area contributed by atoms with Crippen LogP contribution in [0.2, 0.25) is 0 Å². The molecule has 1 rings (SSSR count). The standard InChI is InChI=1S/C13H23N3O3S/c1-9(2)5-4-6-10(3)16-11(7-17)14-15-13(16)20-8-12(18)19/h9-10,17H,4-8H2,1-3H3,(H,18,19). The third-order valence-corrected chi connectivity index (χ3v) is 3.97. The summed E-state index contributed by atoms with van der Waals surface area (Å²) in [4.78, 5) is 10.6. The molecule has 0 saturated carbocycles. The lowest BCUT2D eigenvalue weighted by Gasteiger charge is -2.17. The zero-order chi connectivity index (χ0) is 15.1. The average Bonchev–Trinajstić information content (AvgIpc) is 2.78. The number of carboxylic acid groups (broad SMARTS) is 1. The first kappa shape index (κ1) is 17.0. The fourth-order valence-corrected chi connectivity index (χ4v) is 2.81. The first-order valence-electron chi connectivity index (χ1n) is 6.85. The Balaban J connectivity index is 2.73. The highest BCUT2D eigenvalue weighted by Crippen LogP contribution is 2.25. The predicted molar refractivity (Wildman–Crippen MR) is 77.7 cm³/mol. The summed E-state index contributed by atoms with van der Waals surface area (Å²) in [6.07, 6.45) is 3.20. The average molecular weight is 301 g/mol. The summed E-state index contributed by atoms with van der Waals surface area (Å²) in [5.41, 5.74) is 0. The summed E-state index contributed by atoms with van der Waals surface area (Å²) in [5.74, 6) is 0.223. The van der Waals surface area contributed by atoms with Crippen molar-refractivity contribution in [1.82, 2.24) is 14.8 Å². The Kier molecular flexibility index (Phi) is 7.01. The highest BCUT2D eigenvalue weighted by Gasteiger charge is 2.18. The van der Waals surface area contributed by atoms with E-state index >= 15 is 0 Å². The van der Waals surface area contributed by atoms with E-state index < -0.39 is 5.97 Å². The molecule has 0 saturated heterocycles. The number of thioether (sulfide) groups is 1. The molecule has 0 radical (unpaired) electrons. The van der Waals surface area contributed by atoms with Crippen molar-refractivity contribution >= 4 is 17.7 Å². The van der Waals surface area contributed by atoms with E-state index in [1.807, 2.05) is 11.5 Å². The molecule has 1 heterocycles. The van der Waals surface area contributed by atoms with Crippen LogP contribution in [0.5, 0.6) is 0 Å². The van der Waals surface area contributed by atoms with Crippen LogP contribution in [-0.4, -0.2) is 36.7 Å². The van der Waals surface area contributed by atoms with Crippen LogP contribution in [0.1, 0.15) is 51.9 Å². The minimum atomic E-state index is -0.887. The third-order valence-electron chi connectivity index (χ3n) is 3.05. The largest absolute Gasteiger partial charge is 0.481 e. The molecular weight excluding hydrogens is 278 g/mol. The molecule has 0 fully saturated rings. The Morgan fingerprint density at radius 2 is 2.00 bits per heavy atom. The summed E-state index contributed by atoms with van der Waals surface area (Å²) >= 11 is 1.14. The monoisotopic (exact) mass is 301 g/mol. The molecule has 7 heteroatoms. The van der Waals surface area contributed by atoms with Crippen molar-refractivity contribution in [3.63, 3.8) is 0 Å². The molecule has 0 aliphatic carbocycles. The Morgan fingerprint density at radius 3 is 2.55 bits per heavy atom. The van der Waals surface area contributed by atoms with E-state index in [1.54, 1.807) is 0 Å². The van der Waals surface area contributed by atoms with Crippen molar-refractivity contribution in [3.05, 3.63) is 5.82 Å². The van der Waals surface area contributed by atoms with Gasteiger partial charge in [0.2, 0.25) is 0 Å². The number of aliphatic carboxylic acids is 1. The molecule has 1 unspecified atom stereocenters. The van der Waals surface area contributed by atoms with Crippen molar-refractivity contribution in [3.8, 4) is 0 Å². The molecular formula is C13H23N3O3S. The number of aliphatic hydroxyl groups excluding tert-OH is 1. The van der Waals surface area contributed by atoms with Gasteiger partial charge >= 0.3 is 5.97 Å². The van der Waals surface area contributed by atoms with Crippen LogP contribution in [0.15, 0.2) is 5.16 Å². The highest BCUT2D eigenvalue weighted by molar-refractivity contribution is 7.99. The van der Waals surface area contributed by atoms with E-state index in [4.69, 9.17) is 5.11 Å². The van der Waals surface area contributed by atoms with Crippen LogP contribution in [0.25, 0.3) is 0 Å². The number of carbonyl (C=O) groups is 1. The van der Waals surface area contributed by atoms with Crippen LogP contribution in [-0.2, 0) is 11.4 Å². The van der Waals surface area contributed by atoms with Crippen molar-refractivity contribution in [1.29, 1.82) is 0 Å². The van der Waals surface area contributed by atoms with Gasteiger partial charge in [0.1, 0.15) is 6.61 Å². The van der Waals surface area contributed by atoms with E-state index in [0.717, 1.165) is 31.0 Å². The van der Waals surface area contributed by atoms with Crippen LogP contribution in [0, 0.1) is 5.92 Å². The zero-order valence-corrected chi connectivity index (χ0v) is 13.1. The first-order valence-corrected chi connectivity index (χ1v) is 7.83. The number of rotatable bonds is 9. The second-order valence-electron chi connectivity index (χ2n) is 5.28. The molecule has 1 aromatic rings. The molecule has 0 aliphatic rings. The van der Waals surface area contributed by atoms with Crippen LogP contribution < -0.4 is 0 Å². The Hall–Kier alpha value is -1.08. The van der Waals surface area contributed by atoms with Gasteiger partial charge in [-0.3, -0.25) is 4.79 Å². The van der Waals surface area contributed by atoms with Crippen LogP contribution in [0.3, 0.4) is 0 Å². The molecule has 1 atom stereocenters. The number of aromatic nitrogens is 3. The molecule has 2 N–H and O–H groups in total. The van der Waals surface area contributed by atoms with Gasteiger partial charge in [0.15, 0.2) is 11.0 Å². The quantitative estimate of drug-likeness (QED) is 0.681. The Morgan fingerprint density at radius 1 is 1.30 bits per heavy atom. The normalized spacial score (nSPS) is 12.8. The number of hydrogen-bond acceptors (Lipinski definition) is 5. The SMILES string of the molecule is CC(C)CCCC(C)n1c(CO)nnc1SCC(=O)O. The number of nitrogens with zero attached hydrogens (tertiary/aromatic N) is 3. The van der Waals surface area contributed by atoms with E-state index in [0.29, 0.717) is 16.9 Å². The number of hydrogen-bond donors (Lipinski definition) is 2. The minimum absolute atomic E-state index is 0.0533. The van der Waals surface area contributed by atoms with Gasteiger partial charge in [-0.2, -0.15) is 0 Å². The van der Waals surface area contributed by atoms with E-state index in [2.05, 4.69) is 24.0 Å². The van der Waals surface area contributed by atoms with Gasteiger partial charge in [0.25, 0.3) is 0 Å². The minimum Gasteiger partial charge on any atom is -0.481 e. The van der Waals surface area contributed by atoms with Gasteiger partial charge in [-0.15, -0.1) is 10.2 Å². The van der Waals surface area contributed by atoms with Gasteiger partial charge in [0.05, 0.1) is 5.75 Å². The van der Waals surface area contributed by atoms with Crippen molar-refractivity contribution in [2.45, 2.75) is 57.8 Å². The number of aliphatic hydroxyl groups is 1. The topological polar surface area (TPSA) is 88.2 Å². The lowest BCUT2D eigenvalue weighted by molar-refractivity contribution is -0.133. The second-order valence-corrected chi connectivity index (χ2v) is 6.23. The molecule has 0 amide bonds. The maximum atomic E-state index is 10.6. The lowest BCUT2D eigenvalue weighted by Crippen LogP contribution is -2.12. The highest BCUT2D eigenvalue weighted by atomic mass is 32.2. The van der Waals surface area contributed by atoms with E-state index in [9.17, 15) is 9.90 Å². The van der Waals surface area contributed by atoms with Crippen LogP contribution in [0.4, 0.5) is 0 Å². The lowest BCUT2D eigenvalue weighted by atomic mass is 10.0. The molecule has 0 spiro atoms. The van der Waals surface area contributed by atoms with Crippen molar-refractivity contribution in [2.75, 3.05) is 5.75 Å². The summed E-state index contributed by atoms with van der Waals surface area (Å²) in [6, 6.07) is 0.155. The predicted octanol–water partition coefficient (Wildman–Crippen LogP) is 2.33. The maximum absolute atomic E-state index is 10.6. The fraction of sp³-hybridized carbons (Fsp3) is 0.769. The summed E-state index contributed by atoms with van der Waals surface area (Å²) in [5, 5.41) is 26.5.